The van der Waals surface area contributed by atoms with Gasteiger partial charge in [-0.25, -0.2) is 4.79 Å². The van der Waals surface area contributed by atoms with Crippen molar-refractivity contribution in [2.24, 2.45) is 0 Å². The van der Waals surface area contributed by atoms with Gasteiger partial charge in [-0.15, -0.1) is 0 Å². The van der Waals surface area contributed by atoms with Gasteiger partial charge in [0.25, 0.3) is 0 Å². The maximum Gasteiger partial charge on any atom is 0.346 e. The molecule has 15 heavy (non-hydrogen) atoms. The minimum atomic E-state index is -1.30. The van der Waals surface area contributed by atoms with Crippen molar-refractivity contribution in [1.82, 2.24) is 0 Å². The number of carboxylic acid groups (broad SMARTS) is 1. The van der Waals surface area contributed by atoms with Crippen molar-refractivity contribution in [2.75, 3.05) is 0 Å². The summed E-state index contributed by atoms with van der Waals surface area (Å²) >= 11 is 11.5. The summed E-state index contributed by atoms with van der Waals surface area (Å²) in [5, 5.41) is 17.7. The molecule has 0 radical (unpaired) electrons. The normalized spacial score (nSPS) is 10.9. The fraction of sp³-hybridized carbons (Fsp3) is 0. The molecule has 5 heteroatoms. The first kappa shape index (κ1) is 11.6. The SMILES string of the molecule is N#CC(=Cc1cccc(Cl)c1Cl)C(=O)O. The van der Waals surface area contributed by atoms with Crippen LogP contribution in [0, 0.1) is 11.3 Å². The lowest BCUT2D eigenvalue weighted by Gasteiger charge is -2.00. The van der Waals surface area contributed by atoms with Crippen molar-refractivity contribution in [3.63, 3.8) is 0 Å². The van der Waals surface area contributed by atoms with Gasteiger partial charge in [-0.1, -0.05) is 35.3 Å². The quantitative estimate of drug-likeness (QED) is 0.640. The highest BCUT2D eigenvalue weighted by atomic mass is 35.5. The molecule has 1 aromatic carbocycles. The van der Waals surface area contributed by atoms with Crippen LogP contribution < -0.4 is 0 Å². The van der Waals surface area contributed by atoms with E-state index in [1.165, 1.54) is 6.08 Å². The Morgan fingerprint density at radius 1 is 1.47 bits per heavy atom. The Hall–Kier alpha value is -1.50. The molecule has 0 saturated heterocycles. The molecule has 0 aromatic heterocycles. The van der Waals surface area contributed by atoms with Crippen LogP contribution in [0.2, 0.25) is 10.0 Å². The molecule has 0 spiro atoms. The Morgan fingerprint density at radius 2 is 2.13 bits per heavy atom. The summed E-state index contributed by atoms with van der Waals surface area (Å²) in [4.78, 5) is 10.6. The molecule has 0 atom stereocenters. The van der Waals surface area contributed by atoms with Gasteiger partial charge in [-0.3, -0.25) is 0 Å². The Bertz CT molecular complexity index is 475. The zero-order chi connectivity index (χ0) is 11.4. The van der Waals surface area contributed by atoms with E-state index >= 15 is 0 Å². The number of aliphatic carboxylic acids is 1. The average molecular weight is 242 g/mol. The van der Waals surface area contributed by atoms with Crippen LogP contribution in [0.1, 0.15) is 5.56 Å². The number of carbonyl (C=O) groups is 1. The van der Waals surface area contributed by atoms with Crippen molar-refractivity contribution in [2.45, 2.75) is 0 Å². The largest absolute Gasteiger partial charge is 0.477 e. The first-order valence-electron chi connectivity index (χ1n) is 3.85. The van der Waals surface area contributed by atoms with Gasteiger partial charge in [0, 0.05) is 0 Å². The van der Waals surface area contributed by atoms with E-state index in [0.29, 0.717) is 10.6 Å². The standard InChI is InChI=1S/C10H5Cl2NO2/c11-8-3-1-2-6(9(8)12)4-7(5-13)10(14)15/h1-4H,(H,14,15). The lowest BCUT2D eigenvalue weighted by molar-refractivity contribution is -0.132. The highest BCUT2D eigenvalue weighted by Gasteiger charge is 2.08. The maximum atomic E-state index is 10.6. The number of hydrogen-bond donors (Lipinski definition) is 1. The second kappa shape index (κ2) is 4.83. The summed E-state index contributed by atoms with van der Waals surface area (Å²) in [6, 6.07) is 6.33. The Balaban J connectivity index is 3.25. The molecule has 0 heterocycles. The van der Waals surface area contributed by atoms with Crippen molar-refractivity contribution in [1.29, 1.82) is 5.26 Å². The fourth-order valence-corrected chi connectivity index (χ4v) is 1.29. The van der Waals surface area contributed by atoms with Crippen molar-refractivity contribution < 1.29 is 9.90 Å². The van der Waals surface area contributed by atoms with Crippen LogP contribution in [0.3, 0.4) is 0 Å². The van der Waals surface area contributed by atoms with Crippen LogP contribution in [0.4, 0.5) is 0 Å². The smallest absolute Gasteiger partial charge is 0.346 e. The van der Waals surface area contributed by atoms with E-state index in [9.17, 15) is 4.79 Å². The molecule has 76 valence electrons. The molecule has 0 bridgehead atoms. The molecule has 1 aromatic rings. The summed E-state index contributed by atoms with van der Waals surface area (Å²) < 4.78 is 0. The molecular formula is C10H5Cl2NO2. The molecule has 0 fully saturated rings. The van der Waals surface area contributed by atoms with Crippen molar-refractivity contribution in [3.05, 3.63) is 39.4 Å². The lowest BCUT2D eigenvalue weighted by atomic mass is 10.1. The zero-order valence-electron chi connectivity index (χ0n) is 7.37. The first-order valence-corrected chi connectivity index (χ1v) is 4.61. The zero-order valence-corrected chi connectivity index (χ0v) is 8.88. The van der Waals surface area contributed by atoms with Crippen LogP contribution in [-0.4, -0.2) is 11.1 Å². The van der Waals surface area contributed by atoms with Crippen molar-refractivity contribution in [3.8, 4) is 6.07 Å². The van der Waals surface area contributed by atoms with E-state index in [0.717, 1.165) is 0 Å². The first-order chi connectivity index (χ1) is 7.06. The number of hydrogen-bond acceptors (Lipinski definition) is 2. The highest BCUT2D eigenvalue weighted by molar-refractivity contribution is 6.42. The number of rotatable bonds is 2. The predicted octanol–water partition coefficient (Wildman–Crippen LogP) is 2.98. The van der Waals surface area contributed by atoms with Gasteiger partial charge in [0.15, 0.2) is 0 Å². The molecular weight excluding hydrogens is 237 g/mol. The monoisotopic (exact) mass is 241 g/mol. The van der Waals surface area contributed by atoms with Gasteiger partial charge in [0.2, 0.25) is 0 Å². The lowest BCUT2D eigenvalue weighted by Crippen LogP contribution is -1.97. The van der Waals surface area contributed by atoms with Crippen LogP contribution in [0.15, 0.2) is 23.8 Å². The van der Waals surface area contributed by atoms with Crippen LogP contribution in [0.5, 0.6) is 0 Å². The topological polar surface area (TPSA) is 61.1 Å². The van der Waals surface area contributed by atoms with E-state index in [4.69, 9.17) is 33.6 Å². The average Bonchev–Trinajstić information content (AvgIpc) is 2.19. The van der Waals surface area contributed by atoms with Gasteiger partial charge < -0.3 is 5.11 Å². The second-order valence-electron chi connectivity index (χ2n) is 2.62. The summed E-state index contributed by atoms with van der Waals surface area (Å²) in [6.07, 6.45) is 1.18. The molecule has 0 unspecified atom stereocenters. The van der Waals surface area contributed by atoms with Gasteiger partial charge in [-0.2, -0.15) is 5.26 Å². The minimum absolute atomic E-state index is 0.230. The van der Waals surface area contributed by atoms with E-state index in [2.05, 4.69) is 0 Å². The summed E-state index contributed by atoms with van der Waals surface area (Å²) in [6.45, 7) is 0. The van der Waals surface area contributed by atoms with Crippen LogP contribution in [-0.2, 0) is 4.79 Å². The van der Waals surface area contributed by atoms with Crippen molar-refractivity contribution >= 4 is 35.2 Å². The van der Waals surface area contributed by atoms with Crippen LogP contribution >= 0.6 is 23.2 Å². The maximum absolute atomic E-state index is 10.6. The molecule has 0 amide bonds. The van der Waals surface area contributed by atoms with Gasteiger partial charge in [-0.05, 0) is 17.7 Å². The summed E-state index contributed by atoms with van der Waals surface area (Å²) in [5.41, 5.74) is 0.0160. The van der Waals surface area contributed by atoms with E-state index in [1.54, 1.807) is 24.3 Å². The number of carboxylic acids is 1. The highest BCUT2D eigenvalue weighted by Crippen LogP contribution is 2.27. The molecule has 1 rings (SSSR count). The van der Waals surface area contributed by atoms with Gasteiger partial charge >= 0.3 is 5.97 Å². The third-order valence-corrected chi connectivity index (χ3v) is 2.47. The Morgan fingerprint density at radius 3 is 2.67 bits per heavy atom. The molecule has 1 N–H and O–H groups in total. The third-order valence-electron chi connectivity index (χ3n) is 1.63. The van der Waals surface area contributed by atoms with E-state index in [1.807, 2.05) is 0 Å². The minimum Gasteiger partial charge on any atom is -0.477 e. The second-order valence-corrected chi connectivity index (χ2v) is 3.40. The summed E-state index contributed by atoms with van der Waals surface area (Å²) in [5.74, 6) is -1.30. The van der Waals surface area contributed by atoms with Crippen LogP contribution in [0.25, 0.3) is 6.08 Å². The third kappa shape index (κ3) is 2.72. The number of benzene rings is 1. The number of halogens is 2. The molecule has 3 nitrogen and oxygen atoms in total. The molecule has 0 saturated carbocycles. The number of nitriles is 1. The Kier molecular flexibility index (Phi) is 3.73. The predicted molar refractivity (Wildman–Crippen MR) is 57.7 cm³/mol. The molecule has 0 aliphatic heterocycles. The van der Waals surface area contributed by atoms with Gasteiger partial charge in [0.1, 0.15) is 11.6 Å². The summed E-state index contributed by atoms with van der Waals surface area (Å²) in [7, 11) is 0. The fourth-order valence-electron chi connectivity index (χ4n) is 0.929. The van der Waals surface area contributed by atoms with E-state index < -0.39 is 5.97 Å². The van der Waals surface area contributed by atoms with Gasteiger partial charge in [0.05, 0.1) is 10.0 Å². The number of nitrogens with zero attached hydrogens (tertiary/aromatic N) is 1. The molecule has 0 aliphatic carbocycles. The van der Waals surface area contributed by atoms with E-state index in [-0.39, 0.29) is 10.6 Å². The Labute approximate surface area is 96.2 Å². The molecule has 0 aliphatic rings.